The second-order valence-electron chi connectivity index (χ2n) is 8.71. The van der Waals surface area contributed by atoms with Crippen molar-refractivity contribution < 1.29 is 32.5 Å². The third-order valence-corrected chi connectivity index (χ3v) is 6.12. The summed E-state index contributed by atoms with van der Waals surface area (Å²) in [5.41, 5.74) is 4.85. The maximum atomic E-state index is 13.5. The van der Waals surface area contributed by atoms with Crippen LogP contribution in [-0.2, 0) is 18.1 Å². The lowest BCUT2D eigenvalue weighted by Gasteiger charge is -2.17. The fourth-order valence-corrected chi connectivity index (χ4v) is 4.83. The number of phosphoric ester groups is 1. The number of aryl methyl sites for hydroxylation is 6. The lowest BCUT2D eigenvalue weighted by Crippen LogP contribution is -2.15. The lowest BCUT2D eigenvalue weighted by molar-refractivity contribution is 0.0471. The van der Waals surface area contributed by atoms with Crippen molar-refractivity contribution in [2.24, 2.45) is 0 Å². The molecule has 182 valence electrons. The Balaban J connectivity index is 1.95. The Hall–Kier alpha value is -3.70. The van der Waals surface area contributed by atoms with Crippen molar-refractivity contribution in [3.63, 3.8) is 0 Å². The van der Waals surface area contributed by atoms with Crippen LogP contribution < -0.4 is 0 Å². The number of benzene rings is 3. The molecular formula is C27H27O7P. The van der Waals surface area contributed by atoms with E-state index >= 15 is 0 Å². The second kappa shape index (κ2) is 10.3. The van der Waals surface area contributed by atoms with Crippen LogP contribution in [0, 0.1) is 41.5 Å². The van der Waals surface area contributed by atoms with E-state index in [0.29, 0.717) is 0 Å². The molecule has 0 spiro atoms. The highest BCUT2D eigenvalue weighted by molar-refractivity contribution is 7.50. The van der Waals surface area contributed by atoms with Crippen molar-refractivity contribution in [2.75, 3.05) is 0 Å². The van der Waals surface area contributed by atoms with Crippen LogP contribution in [-0.4, -0.2) is 17.9 Å². The second-order valence-corrected chi connectivity index (χ2v) is 10.2. The van der Waals surface area contributed by atoms with E-state index in [1.54, 1.807) is 41.5 Å². The highest BCUT2D eigenvalue weighted by Gasteiger charge is 2.40. The van der Waals surface area contributed by atoms with E-state index in [2.05, 4.69) is 0 Å². The predicted octanol–water partition coefficient (Wildman–Crippen LogP) is 6.52. The van der Waals surface area contributed by atoms with E-state index in [-0.39, 0.29) is 16.7 Å². The molecule has 0 saturated heterocycles. The monoisotopic (exact) mass is 494 g/mol. The first-order valence-corrected chi connectivity index (χ1v) is 12.4. The van der Waals surface area contributed by atoms with Crippen LogP contribution in [0.15, 0.2) is 54.6 Å². The van der Waals surface area contributed by atoms with Crippen molar-refractivity contribution in [3.8, 4) is 0 Å². The molecule has 0 bridgehead atoms. The van der Waals surface area contributed by atoms with Gasteiger partial charge in [0.2, 0.25) is 0 Å². The van der Waals surface area contributed by atoms with Crippen molar-refractivity contribution in [2.45, 2.75) is 41.5 Å². The minimum atomic E-state index is -5.02. The zero-order valence-electron chi connectivity index (χ0n) is 20.5. The molecule has 0 unspecified atom stereocenters. The molecule has 35 heavy (non-hydrogen) atoms. The van der Waals surface area contributed by atoms with Gasteiger partial charge < -0.3 is 13.6 Å². The van der Waals surface area contributed by atoms with Crippen molar-refractivity contribution in [1.29, 1.82) is 0 Å². The van der Waals surface area contributed by atoms with Crippen LogP contribution in [0.5, 0.6) is 0 Å². The molecule has 0 radical (unpaired) electrons. The molecular weight excluding hydrogens is 467 g/mol. The van der Waals surface area contributed by atoms with Gasteiger partial charge in [0.1, 0.15) is 0 Å². The summed E-state index contributed by atoms with van der Waals surface area (Å²) in [5, 5.41) is 0. The summed E-state index contributed by atoms with van der Waals surface area (Å²) < 4.78 is 28.8. The molecule has 0 N–H and O–H groups in total. The van der Waals surface area contributed by atoms with Gasteiger partial charge >= 0.3 is 25.7 Å². The number of carbonyl (C=O) groups excluding carboxylic acids is 3. The number of carbonyl (C=O) groups is 3. The van der Waals surface area contributed by atoms with Gasteiger partial charge in [0.05, 0.1) is 16.7 Å². The topological polar surface area (TPSA) is 96.0 Å². The van der Waals surface area contributed by atoms with Crippen LogP contribution >= 0.6 is 7.82 Å². The summed E-state index contributed by atoms with van der Waals surface area (Å²) in [6.45, 7) is 10.7. The molecule has 3 aromatic rings. The molecule has 0 aromatic heterocycles. The van der Waals surface area contributed by atoms with E-state index in [0.717, 1.165) is 33.4 Å². The summed E-state index contributed by atoms with van der Waals surface area (Å²) in [7, 11) is -5.02. The Bertz CT molecular complexity index is 1150. The van der Waals surface area contributed by atoms with Gasteiger partial charge in [0.15, 0.2) is 0 Å². The summed E-state index contributed by atoms with van der Waals surface area (Å²) in [4.78, 5) is 38.5. The van der Waals surface area contributed by atoms with E-state index < -0.39 is 25.7 Å². The molecule has 0 fully saturated rings. The molecule has 0 aliphatic heterocycles. The average molecular weight is 494 g/mol. The third-order valence-electron chi connectivity index (χ3n) is 4.96. The van der Waals surface area contributed by atoms with Gasteiger partial charge in [0, 0.05) is 0 Å². The molecule has 3 aromatic carbocycles. The third kappa shape index (κ3) is 6.90. The molecule has 0 aliphatic rings. The SMILES string of the molecule is Cc1cc(C)cc(C(=O)OP(=O)(OC(=O)c2cc(C)cc(C)c2)OC(=O)c2cc(C)cc(C)c2)c1. The van der Waals surface area contributed by atoms with E-state index in [9.17, 15) is 18.9 Å². The quantitative estimate of drug-likeness (QED) is 0.360. The number of phosphoric acid groups is 1. The minimum Gasteiger partial charge on any atom is -0.348 e. The molecule has 3 rings (SSSR count). The number of hydrogen-bond donors (Lipinski definition) is 0. The Kier molecular flexibility index (Phi) is 7.61. The lowest BCUT2D eigenvalue weighted by atomic mass is 10.1. The molecule has 7 nitrogen and oxygen atoms in total. The minimum absolute atomic E-state index is 0.0765. The van der Waals surface area contributed by atoms with Crippen LogP contribution in [0.2, 0.25) is 0 Å². The van der Waals surface area contributed by atoms with Crippen LogP contribution in [0.25, 0.3) is 0 Å². The summed E-state index contributed by atoms with van der Waals surface area (Å²) in [6, 6.07) is 14.7. The Morgan fingerprint density at radius 2 is 0.657 bits per heavy atom. The highest BCUT2D eigenvalue weighted by atomic mass is 31.2. The summed E-state index contributed by atoms with van der Waals surface area (Å²) in [5.74, 6) is -3.16. The largest absolute Gasteiger partial charge is 0.654 e. The molecule has 0 aliphatic carbocycles. The smallest absolute Gasteiger partial charge is 0.348 e. The van der Waals surface area contributed by atoms with E-state index in [4.69, 9.17) is 13.6 Å². The van der Waals surface area contributed by atoms with Gasteiger partial charge in [0.25, 0.3) is 0 Å². The number of hydrogen-bond acceptors (Lipinski definition) is 7. The zero-order valence-corrected chi connectivity index (χ0v) is 21.4. The first-order chi connectivity index (χ1) is 16.3. The Labute approximate surface area is 204 Å². The molecule has 0 heterocycles. The fraction of sp³-hybridized carbons (Fsp3) is 0.222. The zero-order chi connectivity index (χ0) is 25.9. The van der Waals surface area contributed by atoms with Crippen LogP contribution in [0.3, 0.4) is 0 Å². The van der Waals surface area contributed by atoms with Gasteiger partial charge in [-0.15, -0.1) is 0 Å². The first-order valence-electron chi connectivity index (χ1n) is 10.9. The molecule has 8 heteroatoms. The van der Waals surface area contributed by atoms with Gasteiger partial charge in [-0.2, -0.15) is 4.57 Å². The highest BCUT2D eigenvalue weighted by Crippen LogP contribution is 2.51. The van der Waals surface area contributed by atoms with Crippen molar-refractivity contribution in [3.05, 3.63) is 105 Å². The van der Waals surface area contributed by atoms with Gasteiger partial charge in [-0.1, -0.05) is 51.6 Å². The summed E-state index contributed by atoms with van der Waals surface area (Å²) in [6.07, 6.45) is 0. The van der Waals surface area contributed by atoms with E-state index in [1.807, 2.05) is 18.2 Å². The predicted molar refractivity (Wildman–Crippen MR) is 132 cm³/mol. The van der Waals surface area contributed by atoms with Crippen LogP contribution in [0.4, 0.5) is 0 Å². The maximum absolute atomic E-state index is 13.5. The normalized spacial score (nSPS) is 11.0. The maximum Gasteiger partial charge on any atom is 0.654 e. The van der Waals surface area contributed by atoms with Gasteiger partial charge in [-0.05, 0) is 77.9 Å². The van der Waals surface area contributed by atoms with Gasteiger partial charge in [-0.3, -0.25) is 0 Å². The van der Waals surface area contributed by atoms with E-state index in [1.165, 1.54) is 36.4 Å². The van der Waals surface area contributed by atoms with Gasteiger partial charge in [-0.25, -0.2) is 14.4 Å². The Morgan fingerprint density at radius 3 is 0.857 bits per heavy atom. The fourth-order valence-electron chi connectivity index (χ4n) is 3.80. The Morgan fingerprint density at radius 1 is 0.457 bits per heavy atom. The van der Waals surface area contributed by atoms with Crippen molar-refractivity contribution >= 4 is 25.7 Å². The standard InChI is InChI=1S/C27H27O7P/c1-16-7-17(2)11-22(10-16)25(28)32-35(31,33-26(29)23-12-18(3)8-19(4)13-23)34-27(30)24-14-20(5)9-21(6)15-24/h7-15H,1-6H3. The van der Waals surface area contributed by atoms with Crippen molar-refractivity contribution in [1.82, 2.24) is 0 Å². The van der Waals surface area contributed by atoms with Crippen LogP contribution in [0.1, 0.15) is 64.5 Å². The molecule has 0 saturated carbocycles. The average Bonchev–Trinajstić information content (AvgIpc) is 2.71. The molecule has 0 amide bonds. The first kappa shape index (κ1) is 25.9. The molecule has 0 atom stereocenters. The number of rotatable bonds is 6. The summed E-state index contributed by atoms with van der Waals surface area (Å²) >= 11 is 0.